The molecule has 0 aromatic heterocycles. The van der Waals surface area contributed by atoms with E-state index < -0.39 is 0 Å². The normalized spacial score (nSPS) is 12.3. The number of hydrogen-bond donors (Lipinski definition) is 0. The van der Waals surface area contributed by atoms with Gasteiger partial charge in [0.25, 0.3) is 0 Å². The highest BCUT2D eigenvalue weighted by atomic mass is 16.5. The Bertz CT molecular complexity index is 288. The molecule has 26 heavy (non-hydrogen) atoms. The largest absolute Gasteiger partial charge is 0.466 e. The van der Waals surface area contributed by atoms with Crippen molar-refractivity contribution in [3.05, 3.63) is 0 Å². The average molecular weight is 369 g/mol. The van der Waals surface area contributed by atoms with Crippen molar-refractivity contribution in [2.45, 2.75) is 136 Å². The van der Waals surface area contributed by atoms with Gasteiger partial charge in [-0.15, -0.1) is 0 Å². The maximum Gasteiger partial charge on any atom is 0.305 e. The minimum absolute atomic E-state index is 0.00983. The maximum atomic E-state index is 11.6. The molecule has 0 aliphatic carbocycles. The Balaban J connectivity index is 3.38. The van der Waals surface area contributed by atoms with Crippen LogP contribution in [-0.2, 0) is 9.53 Å². The summed E-state index contributed by atoms with van der Waals surface area (Å²) < 4.78 is 5.29. The van der Waals surface area contributed by atoms with Gasteiger partial charge in [0.1, 0.15) is 0 Å². The van der Waals surface area contributed by atoms with Crippen molar-refractivity contribution >= 4 is 5.97 Å². The second-order valence-corrected chi connectivity index (χ2v) is 8.06. The lowest BCUT2D eigenvalue weighted by Crippen LogP contribution is -2.05. The van der Waals surface area contributed by atoms with Gasteiger partial charge in [0.05, 0.1) is 6.61 Å². The van der Waals surface area contributed by atoms with E-state index in [2.05, 4.69) is 20.8 Å². The fourth-order valence-electron chi connectivity index (χ4n) is 3.61. The molecule has 0 aromatic carbocycles. The minimum atomic E-state index is 0.00983. The predicted molar refractivity (Wildman–Crippen MR) is 115 cm³/mol. The molecule has 0 aromatic rings. The molecule has 0 amide bonds. The third kappa shape index (κ3) is 18.3. The molecule has 1 atom stereocenters. The van der Waals surface area contributed by atoms with Gasteiger partial charge in [-0.1, -0.05) is 117 Å². The Labute approximate surface area is 164 Å². The van der Waals surface area contributed by atoms with Crippen LogP contribution in [-0.4, -0.2) is 12.6 Å². The minimum Gasteiger partial charge on any atom is -0.466 e. The monoisotopic (exact) mass is 368 g/mol. The fourth-order valence-corrected chi connectivity index (χ4v) is 3.61. The van der Waals surface area contributed by atoms with E-state index in [-0.39, 0.29) is 5.97 Å². The molecule has 2 heteroatoms. The molecule has 0 spiro atoms. The van der Waals surface area contributed by atoms with E-state index in [0.29, 0.717) is 13.0 Å². The van der Waals surface area contributed by atoms with E-state index in [1.165, 1.54) is 96.3 Å². The first-order valence-corrected chi connectivity index (χ1v) is 11.9. The zero-order valence-electron chi connectivity index (χ0n) is 18.3. The molecule has 1 unspecified atom stereocenters. The summed E-state index contributed by atoms with van der Waals surface area (Å²) in [5, 5.41) is 0. The standard InChI is InChI=1S/C24H48O2/c1-4-7-9-12-15-19-23(6-3)20-16-13-11-14-17-21-24(25)26-22-18-10-8-5-2/h23H,4-22H2,1-3H3. The molecule has 0 saturated heterocycles. The molecule has 0 N–H and O–H groups in total. The van der Waals surface area contributed by atoms with Crippen LogP contribution in [0.1, 0.15) is 136 Å². The van der Waals surface area contributed by atoms with Crippen LogP contribution in [0.15, 0.2) is 0 Å². The van der Waals surface area contributed by atoms with Gasteiger partial charge in [0, 0.05) is 6.42 Å². The van der Waals surface area contributed by atoms with Gasteiger partial charge in [0.15, 0.2) is 0 Å². The topological polar surface area (TPSA) is 26.3 Å². The van der Waals surface area contributed by atoms with Crippen LogP contribution in [0.25, 0.3) is 0 Å². The lowest BCUT2D eigenvalue weighted by molar-refractivity contribution is -0.143. The Morgan fingerprint density at radius 3 is 1.73 bits per heavy atom. The van der Waals surface area contributed by atoms with Crippen LogP contribution in [0.4, 0.5) is 0 Å². The van der Waals surface area contributed by atoms with E-state index >= 15 is 0 Å². The third-order valence-corrected chi connectivity index (χ3v) is 5.55. The summed E-state index contributed by atoms with van der Waals surface area (Å²) in [6, 6.07) is 0. The van der Waals surface area contributed by atoms with Crippen molar-refractivity contribution in [1.29, 1.82) is 0 Å². The van der Waals surface area contributed by atoms with Gasteiger partial charge in [-0.3, -0.25) is 4.79 Å². The van der Waals surface area contributed by atoms with Gasteiger partial charge < -0.3 is 4.74 Å². The van der Waals surface area contributed by atoms with E-state index in [4.69, 9.17) is 4.74 Å². The van der Waals surface area contributed by atoms with Crippen LogP contribution in [0.3, 0.4) is 0 Å². The second-order valence-electron chi connectivity index (χ2n) is 8.06. The number of carbonyl (C=O) groups excluding carboxylic acids is 1. The van der Waals surface area contributed by atoms with Crippen molar-refractivity contribution in [3.8, 4) is 0 Å². The molecule has 0 bridgehead atoms. The quantitative estimate of drug-likeness (QED) is 0.160. The first kappa shape index (κ1) is 25.5. The summed E-state index contributed by atoms with van der Waals surface area (Å²) in [7, 11) is 0. The van der Waals surface area contributed by atoms with E-state index in [9.17, 15) is 4.79 Å². The lowest BCUT2D eigenvalue weighted by atomic mass is 9.92. The molecule has 0 rings (SSSR count). The summed E-state index contributed by atoms with van der Waals surface area (Å²) in [6.45, 7) is 7.45. The number of carbonyl (C=O) groups is 1. The van der Waals surface area contributed by atoms with E-state index in [1.54, 1.807) is 0 Å². The molecule has 0 fully saturated rings. The van der Waals surface area contributed by atoms with Crippen LogP contribution in [0.5, 0.6) is 0 Å². The lowest BCUT2D eigenvalue weighted by Gasteiger charge is -2.14. The van der Waals surface area contributed by atoms with Crippen LogP contribution >= 0.6 is 0 Å². The van der Waals surface area contributed by atoms with Crippen LogP contribution in [0.2, 0.25) is 0 Å². The van der Waals surface area contributed by atoms with Crippen molar-refractivity contribution in [2.24, 2.45) is 5.92 Å². The zero-order valence-corrected chi connectivity index (χ0v) is 18.3. The van der Waals surface area contributed by atoms with Gasteiger partial charge in [0.2, 0.25) is 0 Å². The Morgan fingerprint density at radius 1 is 0.654 bits per heavy atom. The first-order chi connectivity index (χ1) is 12.7. The first-order valence-electron chi connectivity index (χ1n) is 11.9. The average Bonchev–Trinajstić information content (AvgIpc) is 2.65. The van der Waals surface area contributed by atoms with Gasteiger partial charge >= 0.3 is 5.97 Å². The van der Waals surface area contributed by atoms with Crippen LogP contribution in [0, 0.1) is 5.92 Å². The molecule has 0 radical (unpaired) electrons. The van der Waals surface area contributed by atoms with Gasteiger partial charge in [-0.05, 0) is 18.8 Å². The summed E-state index contributed by atoms with van der Waals surface area (Å²) in [4.78, 5) is 11.6. The summed E-state index contributed by atoms with van der Waals surface area (Å²) in [5.41, 5.74) is 0. The summed E-state index contributed by atoms with van der Waals surface area (Å²) >= 11 is 0. The third-order valence-electron chi connectivity index (χ3n) is 5.55. The van der Waals surface area contributed by atoms with Crippen molar-refractivity contribution in [3.63, 3.8) is 0 Å². The summed E-state index contributed by atoms with van der Waals surface area (Å²) in [6.07, 6.45) is 22.7. The Morgan fingerprint density at radius 2 is 1.15 bits per heavy atom. The number of hydrogen-bond acceptors (Lipinski definition) is 2. The summed E-state index contributed by atoms with van der Waals surface area (Å²) in [5.74, 6) is 0.954. The Hall–Kier alpha value is -0.530. The molecular weight excluding hydrogens is 320 g/mol. The molecule has 0 aliphatic rings. The predicted octanol–water partition coefficient (Wildman–Crippen LogP) is 8.23. The molecule has 156 valence electrons. The molecule has 0 saturated carbocycles. The highest BCUT2D eigenvalue weighted by Crippen LogP contribution is 2.21. The Kier molecular flexibility index (Phi) is 20.4. The van der Waals surface area contributed by atoms with Crippen molar-refractivity contribution in [2.75, 3.05) is 6.61 Å². The number of rotatable bonds is 20. The number of ether oxygens (including phenoxy) is 1. The van der Waals surface area contributed by atoms with E-state index in [0.717, 1.165) is 18.8 Å². The van der Waals surface area contributed by atoms with Crippen LogP contribution < -0.4 is 0 Å². The van der Waals surface area contributed by atoms with Gasteiger partial charge in [-0.2, -0.15) is 0 Å². The molecule has 0 aliphatic heterocycles. The highest BCUT2D eigenvalue weighted by Gasteiger charge is 2.06. The highest BCUT2D eigenvalue weighted by molar-refractivity contribution is 5.69. The number of unbranched alkanes of at least 4 members (excludes halogenated alkanes) is 11. The second kappa shape index (κ2) is 20.8. The number of esters is 1. The molecular formula is C24H48O2. The fraction of sp³-hybridized carbons (Fsp3) is 0.958. The van der Waals surface area contributed by atoms with E-state index in [1.807, 2.05) is 0 Å². The molecule has 0 heterocycles. The SMILES string of the molecule is CCCCCCCC(CC)CCCCCCCC(=O)OCCCCCC. The van der Waals surface area contributed by atoms with Crippen molar-refractivity contribution < 1.29 is 9.53 Å². The maximum absolute atomic E-state index is 11.6. The zero-order chi connectivity index (χ0) is 19.3. The smallest absolute Gasteiger partial charge is 0.305 e. The molecule has 2 nitrogen and oxygen atoms in total. The van der Waals surface area contributed by atoms with Crippen molar-refractivity contribution in [1.82, 2.24) is 0 Å². The van der Waals surface area contributed by atoms with Gasteiger partial charge in [-0.25, -0.2) is 0 Å².